The van der Waals surface area contributed by atoms with Crippen molar-refractivity contribution in [3.05, 3.63) is 11.6 Å². The van der Waals surface area contributed by atoms with E-state index in [1.807, 2.05) is 0 Å². The topological polar surface area (TPSA) is 27.0 Å². The summed E-state index contributed by atoms with van der Waals surface area (Å²) in [5.74, 6) is 0. The molecule has 0 N–H and O–H groups in total. The van der Waals surface area contributed by atoms with Crippen molar-refractivity contribution in [1.82, 2.24) is 4.90 Å². The molecule has 13 heavy (non-hydrogen) atoms. The van der Waals surface area contributed by atoms with Gasteiger partial charge in [0, 0.05) is 13.1 Å². The lowest BCUT2D eigenvalue weighted by molar-refractivity contribution is 0.326. The Balaban J connectivity index is 2.27. The molecule has 0 aromatic heterocycles. The summed E-state index contributed by atoms with van der Waals surface area (Å²) < 4.78 is 0. The lowest BCUT2D eigenvalue weighted by Crippen LogP contribution is -2.29. The Kier molecular flexibility index (Phi) is 4.56. The molecular formula is C11H18N2. The Morgan fingerprint density at radius 2 is 2.46 bits per heavy atom. The van der Waals surface area contributed by atoms with Crippen molar-refractivity contribution in [2.24, 2.45) is 0 Å². The predicted octanol–water partition coefficient (Wildman–Crippen LogP) is 2.33. The Labute approximate surface area is 80.8 Å². The van der Waals surface area contributed by atoms with Gasteiger partial charge in [0.05, 0.1) is 12.6 Å². The van der Waals surface area contributed by atoms with Crippen molar-refractivity contribution >= 4 is 0 Å². The highest BCUT2D eigenvalue weighted by Gasteiger charge is 2.09. The molecule has 72 valence electrons. The van der Waals surface area contributed by atoms with Gasteiger partial charge in [-0.05, 0) is 19.3 Å². The summed E-state index contributed by atoms with van der Waals surface area (Å²) in [6.07, 6.45) is 7.32. The Morgan fingerprint density at radius 1 is 1.62 bits per heavy atom. The highest BCUT2D eigenvalue weighted by Crippen LogP contribution is 2.16. The molecule has 0 bridgehead atoms. The predicted molar refractivity (Wildman–Crippen MR) is 54.3 cm³/mol. The molecule has 1 aliphatic heterocycles. The van der Waals surface area contributed by atoms with Crippen molar-refractivity contribution in [2.75, 3.05) is 19.6 Å². The molecule has 0 aromatic carbocycles. The summed E-state index contributed by atoms with van der Waals surface area (Å²) >= 11 is 0. The molecule has 0 aliphatic carbocycles. The first-order valence-electron chi connectivity index (χ1n) is 5.14. The third kappa shape index (κ3) is 3.61. The van der Waals surface area contributed by atoms with Crippen molar-refractivity contribution in [3.63, 3.8) is 0 Å². The van der Waals surface area contributed by atoms with Crippen molar-refractivity contribution in [3.8, 4) is 6.07 Å². The fraction of sp³-hybridized carbons (Fsp3) is 0.727. The monoisotopic (exact) mass is 178 g/mol. The molecule has 0 saturated carbocycles. The molecule has 0 saturated heterocycles. The number of nitriles is 1. The van der Waals surface area contributed by atoms with E-state index in [1.54, 1.807) is 5.57 Å². The summed E-state index contributed by atoms with van der Waals surface area (Å²) in [6.45, 7) is 4.86. The second-order valence-corrected chi connectivity index (χ2v) is 3.61. The quantitative estimate of drug-likeness (QED) is 0.488. The summed E-state index contributed by atoms with van der Waals surface area (Å²) in [6, 6.07) is 2.19. The Bertz CT molecular complexity index is 213. The highest BCUT2D eigenvalue weighted by molar-refractivity contribution is 5.07. The number of unbranched alkanes of at least 4 members (excludes halogenated alkanes) is 1. The third-order valence-corrected chi connectivity index (χ3v) is 2.53. The zero-order valence-electron chi connectivity index (χ0n) is 8.42. The summed E-state index contributed by atoms with van der Waals surface area (Å²) in [4.78, 5) is 2.19. The molecule has 2 heteroatoms. The first kappa shape index (κ1) is 10.3. The Morgan fingerprint density at radius 3 is 3.00 bits per heavy atom. The van der Waals surface area contributed by atoms with Crippen LogP contribution in [0, 0.1) is 11.3 Å². The van der Waals surface area contributed by atoms with E-state index in [0.29, 0.717) is 6.54 Å². The maximum absolute atomic E-state index is 8.51. The van der Waals surface area contributed by atoms with E-state index >= 15 is 0 Å². The highest BCUT2D eigenvalue weighted by atomic mass is 15.1. The van der Waals surface area contributed by atoms with Gasteiger partial charge >= 0.3 is 0 Å². The number of hydrogen-bond acceptors (Lipinski definition) is 2. The van der Waals surface area contributed by atoms with Crippen LogP contribution in [0.15, 0.2) is 11.6 Å². The van der Waals surface area contributed by atoms with Crippen molar-refractivity contribution in [2.45, 2.75) is 32.6 Å². The maximum atomic E-state index is 8.51. The first-order valence-corrected chi connectivity index (χ1v) is 5.14. The largest absolute Gasteiger partial charge is 0.287 e. The van der Waals surface area contributed by atoms with Gasteiger partial charge in [0.25, 0.3) is 0 Å². The van der Waals surface area contributed by atoms with E-state index < -0.39 is 0 Å². The lowest BCUT2D eigenvalue weighted by Gasteiger charge is -2.23. The van der Waals surface area contributed by atoms with Gasteiger partial charge in [0.1, 0.15) is 0 Å². The molecule has 0 fully saturated rings. The van der Waals surface area contributed by atoms with Crippen LogP contribution >= 0.6 is 0 Å². The van der Waals surface area contributed by atoms with Crippen LogP contribution in [-0.2, 0) is 0 Å². The van der Waals surface area contributed by atoms with E-state index in [1.165, 1.54) is 25.7 Å². The van der Waals surface area contributed by atoms with E-state index in [0.717, 1.165) is 13.1 Å². The first-order chi connectivity index (χ1) is 6.36. The lowest BCUT2D eigenvalue weighted by atomic mass is 10.0. The minimum absolute atomic E-state index is 0.581. The van der Waals surface area contributed by atoms with Crippen LogP contribution < -0.4 is 0 Å². The van der Waals surface area contributed by atoms with Gasteiger partial charge in [0.15, 0.2) is 0 Å². The van der Waals surface area contributed by atoms with Gasteiger partial charge in [-0.3, -0.25) is 4.90 Å². The molecule has 0 unspecified atom stereocenters. The van der Waals surface area contributed by atoms with Gasteiger partial charge < -0.3 is 0 Å². The number of nitrogens with zero attached hydrogens (tertiary/aromatic N) is 2. The molecule has 1 aliphatic rings. The molecule has 0 spiro atoms. The maximum Gasteiger partial charge on any atom is 0.0868 e. The van der Waals surface area contributed by atoms with E-state index in [4.69, 9.17) is 5.26 Å². The van der Waals surface area contributed by atoms with Gasteiger partial charge in [-0.2, -0.15) is 5.26 Å². The normalized spacial score (nSPS) is 18.0. The van der Waals surface area contributed by atoms with Crippen LogP contribution in [0.4, 0.5) is 0 Å². The smallest absolute Gasteiger partial charge is 0.0868 e. The van der Waals surface area contributed by atoms with Crippen LogP contribution in [0.1, 0.15) is 32.6 Å². The van der Waals surface area contributed by atoms with Crippen LogP contribution in [0.3, 0.4) is 0 Å². The van der Waals surface area contributed by atoms with Crippen LogP contribution in [-0.4, -0.2) is 24.5 Å². The average molecular weight is 178 g/mol. The molecule has 2 nitrogen and oxygen atoms in total. The van der Waals surface area contributed by atoms with E-state index in [-0.39, 0.29) is 0 Å². The van der Waals surface area contributed by atoms with E-state index in [2.05, 4.69) is 24.0 Å². The van der Waals surface area contributed by atoms with Gasteiger partial charge in [-0.1, -0.05) is 25.0 Å². The molecule has 0 radical (unpaired) electrons. The second kappa shape index (κ2) is 5.77. The van der Waals surface area contributed by atoms with Crippen LogP contribution in [0.2, 0.25) is 0 Å². The summed E-state index contributed by atoms with van der Waals surface area (Å²) in [7, 11) is 0. The zero-order chi connectivity index (χ0) is 9.52. The van der Waals surface area contributed by atoms with E-state index in [9.17, 15) is 0 Å². The molecular weight excluding hydrogens is 160 g/mol. The molecule has 0 amide bonds. The van der Waals surface area contributed by atoms with Gasteiger partial charge in [-0.25, -0.2) is 0 Å². The standard InChI is InChI=1S/C11H18N2/c1-2-3-4-11-5-8-13(9-6-11)10-7-12/h5H,2-4,6,8-10H2,1H3. The van der Waals surface area contributed by atoms with Gasteiger partial charge in [0.2, 0.25) is 0 Å². The van der Waals surface area contributed by atoms with Crippen LogP contribution in [0.25, 0.3) is 0 Å². The summed E-state index contributed by atoms with van der Waals surface area (Å²) in [5.41, 5.74) is 1.59. The number of hydrogen-bond donors (Lipinski definition) is 0. The van der Waals surface area contributed by atoms with Gasteiger partial charge in [-0.15, -0.1) is 0 Å². The molecule has 1 heterocycles. The zero-order valence-corrected chi connectivity index (χ0v) is 8.42. The fourth-order valence-electron chi connectivity index (χ4n) is 1.63. The van der Waals surface area contributed by atoms with Crippen LogP contribution in [0.5, 0.6) is 0 Å². The number of rotatable bonds is 4. The third-order valence-electron chi connectivity index (χ3n) is 2.53. The van der Waals surface area contributed by atoms with Crippen molar-refractivity contribution in [1.29, 1.82) is 5.26 Å². The summed E-state index contributed by atoms with van der Waals surface area (Å²) in [5, 5.41) is 8.51. The molecule has 0 aromatic rings. The molecule has 1 rings (SSSR count). The SMILES string of the molecule is CCCCC1=CCN(CC#N)CC1. The molecule has 0 atom stereocenters. The Hall–Kier alpha value is -0.810. The minimum atomic E-state index is 0.581. The minimum Gasteiger partial charge on any atom is -0.287 e. The fourth-order valence-corrected chi connectivity index (χ4v) is 1.63. The van der Waals surface area contributed by atoms with Crippen molar-refractivity contribution < 1.29 is 0 Å². The average Bonchev–Trinajstić information content (AvgIpc) is 2.17. The second-order valence-electron chi connectivity index (χ2n) is 3.61.